The fraction of sp³-hybridized carbons (Fsp3) is 0.577. The highest BCUT2D eigenvalue weighted by Gasteiger charge is 2.36. The third-order valence-electron chi connectivity index (χ3n) is 6.57. The second kappa shape index (κ2) is 10.8. The van der Waals surface area contributed by atoms with Gasteiger partial charge in [-0.25, -0.2) is 9.79 Å². The summed E-state index contributed by atoms with van der Waals surface area (Å²) in [5.74, 6) is 0.777. The van der Waals surface area contributed by atoms with Gasteiger partial charge in [0.2, 0.25) is 5.90 Å². The molecule has 2 fully saturated rings. The van der Waals surface area contributed by atoms with E-state index >= 15 is 0 Å². The number of rotatable bonds is 5. The summed E-state index contributed by atoms with van der Waals surface area (Å²) in [5, 5.41) is 0. The molecular weight excluding hydrogens is 402 g/mol. The van der Waals surface area contributed by atoms with Crippen LogP contribution in [0.15, 0.2) is 51.7 Å². The van der Waals surface area contributed by atoms with Crippen LogP contribution in [0.5, 0.6) is 0 Å². The molecule has 0 saturated heterocycles. The highest BCUT2D eigenvalue weighted by Crippen LogP contribution is 2.32. The predicted molar refractivity (Wildman–Crippen MR) is 126 cm³/mol. The SMILES string of the molecule is CCOC(=O)C(C)=C1N=C(c2ccccc2)OC(=NC2CCCCC2)N1C1CCCCC1. The number of esters is 1. The minimum Gasteiger partial charge on any atom is -0.463 e. The molecule has 2 saturated carbocycles. The average Bonchev–Trinajstić information content (AvgIpc) is 2.85. The van der Waals surface area contributed by atoms with Gasteiger partial charge in [-0.05, 0) is 51.7 Å². The molecule has 1 aliphatic heterocycles. The molecule has 4 rings (SSSR count). The number of carbonyl (C=O) groups excluding carboxylic acids is 1. The van der Waals surface area contributed by atoms with Gasteiger partial charge in [0.1, 0.15) is 0 Å². The van der Waals surface area contributed by atoms with Gasteiger partial charge in [0.25, 0.3) is 0 Å². The summed E-state index contributed by atoms with van der Waals surface area (Å²) in [5.41, 5.74) is 1.38. The molecule has 0 spiro atoms. The Bertz CT molecular complexity index is 879. The van der Waals surface area contributed by atoms with Gasteiger partial charge in [-0.3, -0.25) is 4.90 Å². The molecule has 1 aromatic carbocycles. The van der Waals surface area contributed by atoms with E-state index in [-0.39, 0.29) is 18.1 Å². The number of ether oxygens (including phenoxy) is 2. The smallest absolute Gasteiger partial charge is 0.337 e. The molecular formula is C26H35N3O3. The van der Waals surface area contributed by atoms with Crippen LogP contribution < -0.4 is 0 Å². The van der Waals surface area contributed by atoms with Crippen molar-refractivity contribution < 1.29 is 14.3 Å². The van der Waals surface area contributed by atoms with Crippen molar-refractivity contribution in [2.24, 2.45) is 9.98 Å². The van der Waals surface area contributed by atoms with E-state index in [1.807, 2.05) is 37.3 Å². The van der Waals surface area contributed by atoms with E-state index in [4.69, 9.17) is 19.5 Å². The molecule has 0 atom stereocenters. The summed E-state index contributed by atoms with van der Waals surface area (Å²) in [7, 11) is 0. The van der Waals surface area contributed by atoms with Crippen LogP contribution in [0.4, 0.5) is 0 Å². The number of hydrogen-bond donors (Lipinski definition) is 0. The van der Waals surface area contributed by atoms with E-state index < -0.39 is 0 Å². The predicted octanol–water partition coefficient (Wildman–Crippen LogP) is 5.58. The molecule has 1 aromatic rings. The Morgan fingerprint density at radius 1 is 1.06 bits per heavy atom. The topological polar surface area (TPSA) is 63.5 Å². The molecule has 2 aliphatic carbocycles. The number of carbonyl (C=O) groups is 1. The van der Waals surface area contributed by atoms with E-state index in [2.05, 4.69) is 4.90 Å². The van der Waals surface area contributed by atoms with Crippen molar-refractivity contribution in [2.75, 3.05) is 6.61 Å². The normalized spacial score (nSPS) is 23.5. The van der Waals surface area contributed by atoms with Crippen molar-refractivity contribution >= 4 is 17.9 Å². The Kier molecular flexibility index (Phi) is 7.61. The van der Waals surface area contributed by atoms with Crippen molar-refractivity contribution in [3.05, 3.63) is 47.3 Å². The number of hydrogen-bond acceptors (Lipinski definition) is 5. The fourth-order valence-corrected chi connectivity index (χ4v) is 4.82. The van der Waals surface area contributed by atoms with Gasteiger partial charge in [-0.1, -0.05) is 56.7 Å². The van der Waals surface area contributed by atoms with Gasteiger partial charge < -0.3 is 9.47 Å². The van der Waals surface area contributed by atoms with Crippen molar-refractivity contribution in [1.29, 1.82) is 0 Å². The van der Waals surface area contributed by atoms with Crippen LogP contribution in [0, 0.1) is 0 Å². The zero-order valence-corrected chi connectivity index (χ0v) is 19.4. The minimum absolute atomic E-state index is 0.228. The lowest BCUT2D eigenvalue weighted by Gasteiger charge is -2.39. The third kappa shape index (κ3) is 5.22. The summed E-state index contributed by atoms with van der Waals surface area (Å²) in [6.07, 6.45) is 11.5. The van der Waals surface area contributed by atoms with Crippen molar-refractivity contribution in [3.63, 3.8) is 0 Å². The van der Waals surface area contributed by atoms with E-state index in [0.29, 0.717) is 29.9 Å². The molecule has 0 unspecified atom stereocenters. The van der Waals surface area contributed by atoms with Gasteiger partial charge in [0.15, 0.2) is 5.82 Å². The highest BCUT2D eigenvalue weighted by molar-refractivity contribution is 6.05. The number of amidine groups is 1. The lowest BCUT2D eigenvalue weighted by atomic mass is 9.94. The zero-order valence-electron chi connectivity index (χ0n) is 19.4. The van der Waals surface area contributed by atoms with E-state index in [1.54, 1.807) is 6.92 Å². The molecule has 0 radical (unpaired) electrons. The first-order valence-electron chi connectivity index (χ1n) is 12.2. The summed E-state index contributed by atoms with van der Waals surface area (Å²) in [4.78, 5) is 24.8. The maximum absolute atomic E-state index is 12.8. The monoisotopic (exact) mass is 437 g/mol. The van der Waals surface area contributed by atoms with Gasteiger partial charge >= 0.3 is 12.0 Å². The number of nitrogens with zero attached hydrogens (tertiary/aromatic N) is 3. The lowest BCUT2D eigenvalue weighted by Crippen LogP contribution is -2.46. The molecule has 6 nitrogen and oxygen atoms in total. The largest absolute Gasteiger partial charge is 0.463 e. The zero-order chi connectivity index (χ0) is 22.3. The summed E-state index contributed by atoms with van der Waals surface area (Å²) >= 11 is 0. The van der Waals surface area contributed by atoms with Gasteiger partial charge in [0.05, 0.1) is 18.2 Å². The Hall–Kier alpha value is -2.63. The van der Waals surface area contributed by atoms with Crippen LogP contribution in [0.3, 0.4) is 0 Å². The summed E-state index contributed by atoms with van der Waals surface area (Å²) in [6.45, 7) is 3.97. The second-order valence-electron chi connectivity index (χ2n) is 8.92. The molecule has 6 heteroatoms. The first-order chi connectivity index (χ1) is 15.7. The van der Waals surface area contributed by atoms with E-state index in [9.17, 15) is 4.79 Å². The molecule has 0 N–H and O–H groups in total. The third-order valence-corrected chi connectivity index (χ3v) is 6.57. The summed E-state index contributed by atoms with van der Waals surface area (Å²) in [6, 6.07) is 10.9. The first kappa shape index (κ1) is 22.6. The van der Waals surface area contributed by atoms with Gasteiger partial charge in [-0.2, -0.15) is 4.99 Å². The van der Waals surface area contributed by atoms with Crippen LogP contribution in [-0.4, -0.2) is 41.5 Å². The first-order valence-corrected chi connectivity index (χ1v) is 12.2. The number of aliphatic imine (C=N–C) groups is 2. The van der Waals surface area contributed by atoms with E-state index in [0.717, 1.165) is 31.2 Å². The van der Waals surface area contributed by atoms with Crippen LogP contribution in [0.25, 0.3) is 0 Å². The lowest BCUT2D eigenvalue weighted by molar-refractivity contribution is -0.138. The van der Waals surface area contributed by atoms with Crippen LogP contribution >= 0.6 is 0 Å². The van der Waals surface area contributed by atoms with Gasteiger partial charge in [0, 0.05) is 11.6 Å². The van der Waals surface area contributed by atoms with Crippen LogP contribution in [0.2, 0.25) is 0 Å². The second-order valence-corrected chi connectivity index (χ2v) is 8.92. The Morgan fingerprint density at radius 2 is 1.72 bits per heavy atom. The van der Waals surface area contributed by atoms with Crippen LogP contribution in [-0.2, 0) is 14.3 Å². The molecule has 1 heterocycles. The quantitative estimate of drug-likeness (QED) is 0.445. The molecule has 0 bridgehead atoms. The minimum atomic E-state index is -0.335. The fourth-order valence-electron chi connectivity index (χ4n) is 4.82. The maximum atomic E-state index is 12.8. The molecule has 0 aromatic heterocycles. The van der Waals surface area contributed by atoms with Crippen molar-refractivity contribution in [3.8, 4) is 0 Å². The summed E-state index contributed by atoms with van der Waals surface area (Å²) < 4.78 is 11.7. The Balaban J connectivity index is 1.81. The Labute approximate surface area is 191 Å². The van der Waals surface area contributed by atoms with Crippen LogP contribution in [0.1, 0.15) is 83.6 Å². The molecule has 32 heavy (non-hydrogen) atoms. The maximum Gasteiger partial charge on any atom is 0.337 e. The average molecular weight is 438 g/mol. The van der Waals surface area contributed by atoms with Crippen molar-refractivity contribution in [1.82, 2.24) is 4.90 Å². The molecule has 0 amide bonds. The van der Waals surface area contributed by atoms with E-state index in [1.165, 1.54) is 38.5 Å². The molecule has 172 valence electrons. The molecule has 3 aliphatic rings. The highest BCUT2D eigenvalue weighted by atomic mass is 16.5. The van der Waals surface area contributed by atoms with Gasteiger partial charge in [-0.15, -0.1) is 0 Å². The van der Waals surface area contributed by atoms with Crippen molar-refractivity contribution in [2.45, 2.75) is 90.1 Å². The number of benzene rings is 1. The standard InChI is InChI=1S/C26H35N3O3/c1-3-31-25(30)19(2)23-28-24(20-13-7-4-8-14-20)32-26(27-21-15-9-5-10-16-21)29(23)22-17-11-6-12-18-22/h4,7-8,13-14,21-22H,3,5-6,9-12,15-18H2,1-2H3. The Morgan fingerprint density at radius 3 is 2.38 bits per heavy atom.